The van der Waals surface area contributed by atoms with Gasteiger partial charge in [-0.05, 0) is 24.6 Å². The molecule has 140 valence electrons. The standard InChI is InChI=1S/C8H8N2O.C7H7N3O.2C2H6/c1-5-2-3-9-7-6(5)4-10-8(7)11;8-5-1-4-2-6(11)10-7(4)9-3-5;2*1-2/h2-3H,4H2,1H3,(H,10,11);1,3H,2,8H2,(H,9,10,11);2*1-2H3. The number of pyridine rings is 2. The Morgan fingerprint density at radius 3 is 2.46 bits per heavy atom. The van der Waals surface area contributed by atoms with Crippen LogP contribution in [0.15, 0.2) is 24.5 Å². The molecule has 2 aromatic heterocycles. The Labute approximate surface area is 154 Å². The van der Waals surface area contributed by atoms with Gasteiger partial charge in [-0.25, -0.2) is 4.98 Å². The van der Waals surface area contributed by atoms with Crippen LogP contribution in [0.5, 0.6) is 0 Å². The number of hydrogen-bond acceptors (Lipinski definition) is 5. The van der Waals surface area contributed by atoms with Gasteiger partial charge in [0, 0.05) is 23.9 Å². The molecule has 2 aliphatic heterocycles. The van der Waals surface area contributed by atoms with E-state index in [-0.39, 0.29) is 11.8 Å². The predicted molar refractivity (Wildman–Crippen MR) is 104 cm³/mol. The summed E-state index contributed by atoms with van der Waals surface area (Å²) in [4.78, 5) is 29.8. The lowest BCUT2D eigenvalue weighted by atomic mass is 10.1. The molecule has 0 saturated heterocycles. The predicted octanol–water partition coefficient (Wildman–Crippen LogP) is 2.84. The Bertz CT molecular complexity index is 775. The Morgan fingerprint density at radius 2 is 1.81 bits per heavy atom. The number of amides is 2. The second kappa shape index (κ2) is 10.1. The molecule has 0 radical (unpaired) electrons. The van der Waals surface area contributed by atoms with Gasteiger partial charge < -0.3 is 16.4 Å². The monoisotopic (exact) mass is 357 g/mol. The van der Waals surface area contributed by atoms with Crippen molar-refractivity contribution in [2.45, 2.75) is 47.6 Å². The van der Waals surface area contributed by atoms with Crippen LogP contribution in [0, 0.1) is 6.92 Å². The fourth-order valence-electron chi connectivity index (χ4n) is 2.39. The highest BCUT2D eigenvalue weighted by Gasteiger charge is 2.21. The van der Waals surface area contributed by atoms with Crippen molar-refractivity contribution in [2.75, 3.05) is 11.1 Å². The van der Waals surface area contributed by atoms with Crippen LogP contribution in [0.1, 0.15) is 54.9 Å². The van der Waals surface area contributed by atoms with Crippen LogP contribution in [0.2, 0.25) is 0 Å². The zero-order valence-electron chi connectivity index (χ0n) is 16.0. The third-order valence-electron chi connectivity index (χ3n) is 3.53. The maximum Gasteiger partial charge on any atom is 0.270 e. The van der Waals surface area contributed by atoms with Gasteiger partial charge in [-0.15, -0.1) is 0 Å². The molecule has 0 spiro atoms. The number of anilines is 2. The molecule has 0 fully saturated rings. The van der Waals surface area contributed by atoms with Gasteiger partial charge in [-0.1, -0.05) is 27.7 Å². The number of fused-ring (bicyclic) bond motifs is 2. The number of nitrogens with one attached hydrogen (secondary N) is 2. The van der Waals surface area contributed by atoms with Crippen molar-refractivity contribution in [3.63, 3.8) is 0 Å². The largest absolute Gasteiger partial charge is 0.397 e. The van der Waals surface area contributed by atoms with Gasteiger partial charge in [0.2, 0.25) is 5.91 Å². The molecule has 26 heavy (non-hydrogen) atoms. The Balaban J connectivity index is 0.000000219. The third kappa shape index (κ3) is 5.02. The molecule has 2 aliphatic rings. The van der Waals surface area contributed by atoms with Crippen LogP contribution >= 0.6 is 0 Å². The number of nitrogens with two attached hydrogens (primary N) is 1. The first kappa shape index (κ1) is 21.1. The van der Waals surface area contributed by atoms with E-state index in [1.165, 1.54) is 6.20 Å². The first-order valence-corrected chi connectivity index (χ1v) is 8.81. The van der Waals surface area contributed by atoms with E-state index in [4.69, 9.17) is 5.73 Å². The number of aromatic nitrogens is 2. The summed E-state index contributed by atoms with van der Waals surface area (Å²) < 4.78 is 0. The van der Waals surface area contributed by atoms with Gasteiger partial charge in [0.05, 0.1) is 18.3 Å². The highest BCUT2D eigenvalue weighted by atomic mass is 16.2. The number of carbonyl (C=O) groups is 2. The van der Waals surface area contributed by atoms with Gasteiger partial charge in [0.15, 0.2) is 0 Å². The molecule has 0 saturated carbocycles. The molecule has 2 aromatic rings. The SMILES string of the molecule is CC.CC.Cc1ccnc2c1CNC2=O.Nc1cnc2c(c1)CC(=O)N2. The minimum atomic E-state index is -0.0521. The summed E-state index contributed by atoms with van der Waals surface area (Å²) in [5.74, 6) is 0.575. The molecule has 2 amide bonds. The van der Waals surface area contributed by atoms with Crippen LogP contribution in [0.3, 0.4) is 0 Å². The Morgan fingerprint density at radius 1 is 1.12 bits per heavy atom. The van der Waals surface area contributed by atoms with E-state index in [1.54, 1.807) is 12.3 Å². The van der Waals surface area contributed by atoms with Crippen LogP contribution in [-0.4, -0.2) is 21.8 Å². The lowest BCUT2D eigenvalue weighted by Crippen LogP contribution is -2.13. The second-order valence-corrected chi connectivity index (χ2v) is 5.14. The highest BCUT2D eigenvalue weighted by Crippen LogP contribution is 2.21. The molecule has 0 aliphatic carbocycles. The summed E-state index contributed by atoms with van der Waals surface area (Å²) in [6.07, 6.45) is 3.59. The Hall–Kier alpha value is -2.96. The van der Waals surface area contributed by atoms with E-state index >= 15 is 0 Å². The summed E-state index contributed by atoms with van der Waals surface area (Å²) in [6.45, 7) is 10.6. The number of hydrogen-bond donors (Lipinski definition) is 3. The minimum Gasteiger partial charge on any atom is -0.397 e. The van der Waals surface area contributed by atoms with E-state index in [2.05, 4.69) is 20.6 Å². The smallest absolute Gasteiger partial charge is 0.270 e. The molecular formula is C19H27N5O2. The van der Waals surface area contributed by atoms with Crippen LogP contribution in [0.25, 0.3) is 0 Å². The normalized spacial score (nSPS) is 12.7. The van der Waals surface area contributed by atoms with Gasteiger partial charge >= 0.3 is 0 Å². The topological polar surface area (TPSA) is 110 Å². The van der Waals surface area contributed by atoms with Gasteiger partial charge in [0.25, 0.3) is 5.91 Å². The Kier molecular flexibility index (Phi) is 8.21. The maximum absolute atomic E-state index is 11.0. The van der Waals surface area contributed by atoms with Crippen molar-refractivity contribution in [1.82, 2.24) is 15.3 Å². The number of nitrogens with zero attached hydrogens (tertiary/aromatic N) is 2. The number of rotatable bonds is 0. The lowest BCUT2D eigenvalue weighted by Gasteiger charge is -1.96. The van der Waals surface area contributed by atoms with E-state index < -0.39 is 0 Å². The minimum absolute atomic E-state index is 0.0156. The molecule has 0 bridgehead atoms. The summed E-state index contributed by atoms with van der Waals surface area (Å²) in [7, 11) is 0. The second-order valence-electron chi connectivity index (χ2n) is 5.14. The fourth-order valence-corrected chi connectivity index (χ4v) is 2.39. The molecular weight excluding hydrogens is 330 g/mol. The average Bonchev–Trinajstić information content (AvgIpc) is 3.22. The van der Waals surface area contributed by atoms with Crippen molar-refractivity contribution < 1.29 is 9.59 Å². The fraction of sp³-hybridized carbons (Fsp3) is 0.368. The quantitative estimate of drug-likeness (QED) is 0.671. The number of nitrogen functional groups attached to an aromatic ring is 1. The first-order chi connectivity index (χ1) is 12.5. The van der Waals surface area contributed by atoms with Crippen molar-refractivity contribution in [2.24, 2.45) is 0 Å². The van der Waals surface area contributed by atoms with Gasteiger partial charge in [-0.3, -0.25) is 14.6 Å². The molecule has 0 aromatic carbocycles. The highest BCUT2D eigenvalue weighted by molar-refractivity contribution is 5.98. The van der Waals surface area contributed by atoms with Gasteiger partial charge in [-0.2, -0.15) is 0 Å². The number of carbonyl (C=O) groups excluding carboxylic acids is 2. The van der Waals surface area contributed by atoms with E-state index in [9.17, 15) is 9.59 Å². The summed E-state index contributed by atoms with van der Waals surface area (Å²) in [6, 6.07) is 3.68. The van der Waals surface area contributed by atoms with Gasteiger partial charge in [0.1, 0.15) is 11.5 Å². The summed E-state index contributed by atoms with van der Waals surface area (Å²) >= 11 is 0. The molecule has 4 heterocycles. The first-order valence-electron chi connectivity index (χ1n) is 8.81. The molecule has 7 heteroatoms. The molecule has 4 N–H and O–H groups in total. The molecule has 4 rings (SSSR count). The van der Waals surface area contributed by atoms with E-state index in [0.717, 1.165) is 16.7 Å². The van der Waals surface area contributed by atoms with Crippen LogP contribution in [0.4, 0.5) is 11.5 Å². The van der Waals surface area contributed by atoms with Crippen molar-refractivity contribution in [1.29, 1.82) is 0 Å². The van der Waals surface area contributed by atoms with Crippen molar-refractivity contribution >= 4 is 23.3 Å². The summed E-state index contributed by atoms with van der Waals surface area (Å²) in [5, 5.41) is 5.34. The lowest BCUT2D eigenvalue weighted by molar-refractivity contribution is -0.115. The number of aryl methyl sites for hydroxylation is 1. The van der Waals surface area contributed by atoms with Crippen LogP contribution in [-0.2, 0) is 17.8 Å². The maximum atomic E-state index is 11.0. The molecule has 0 unspecified atom stereocenters. The third-order valence-corrected chi connectivity index (χ3v) is 3.53. The van der Waals surface area contributed by atoms with Crippen molar-refractivity contribution in [3.8, 4) is 0 Å². The van der Waals surface area contributed by atoms with Crippen molar-refractivity contribution in [3.05, 3.63) is 46.9 Å². The zero-order chi connectivity index (χ0) is 19.7. The molecule has 0 atom stereocenters. The molecule has 7 nitrogen and oxygen atoms in total. The van der Waals surface area contributed by atoms with E-state index in [0.29, 0.717) is 30.2 Å². The average molecular weight is 357 g/mol. The summed E-state index contributed by atoms with van der Waals surface area (Å²) in [5.41, 5.74) is 9.72. The van der Waals surface area contributed by atoms with Crippen LogP contribution < -0.4 is 16.4 Å². The zero-order valence-corrected chi connectivity index (χ0v) is 16.0. The van der Waals surface area contributed by atoms with E-state index in [1.807, 2.05) is 40.7 Å².